The number of hydrogen-bond acceptors (Lipinski definition) is 2. The van der Waals surface area contributed by atoms with Crippen molar-refractivity contribution in [2.24, 2.45) is 0 Å². The third-order valence-corrected chi connectivity index (χ3v) is 1.73. The number of aromatic nitrogens is 2. The Labute approximate surface area is 78.1 Å². The summed E-state index contributed by atoms with van der Waals surface area (Å²) < 4.78 is 1.75. The Morgan fingerprint density at radius 1 is 1.54 bits per heavy atom. The number of carbonyl (C=O) groups is 1. The first-order valence-electron chi connectivity index (χ1n) is 4.26. The molecule has 1 heterocycles. The molecule has 0 spiro atoms. The van der Waals surface area contributed by atoms with Gasteiger partial charge in [0, 0.05) is 6.20 Å². The van der Waals surface area contributed by atoms with Crippen LogP contribution in [0.2, 0.25) is 0 Å². The first-order chi connectivity index (χ1) is 6.09. The van der Waals surface area contributed by atoms with Crippen LogP contribution in [0.3, 0.4) is 0 Å². The zero-order valence-electron chi connectivity index (χ0n) is 8.24. The first kappa shape index (κ1) is 9.71. The topological polar surface area (TPSA) is 34.9 Å². The summed E-state index contributed by atoms with van der Waals surface area (Å²) in [5.41, 5.74) is 1.92. The van der Waals surface area contributed by atoms with E-state index in [1.54, 1.807) is 24.0 Å². The van der Waals surface area contributed by atoms with Crippen molar-refractivity contribution in [1.82, 2.24) is 9.78 Å². The van der Waals surface area contributed by atoms with Gasteiger partial charge in [-0.2, -0.15) is 5.10 Å². The number of nitrogens with zero attached hydrogens (tertiary/aromatic N) is 2. The molecule has 1 aromatic rings. The fraction of sp³-hybridized carbons (Fsp3) is 0.400. The van der Waals surface area contributed by atoms with Crippen molar-refractivity contribution in [3.05, 3.63) is 29.6 Å². The molecule has 0 aliphatic heterocycles. The average Bonchev–Trinajstić information content (AvgIpc) is 2.48. The molecule has 0 unspecified atom stereocenters. The molecule has 70 valence electrons. The first-order valence-corrected chi connectivity index (χ1v) is 4.26. The lowest BCUT2D eigenvalue weighted by molar-refractivity contribution is 0.101. The van der Waals surface area contributed by atoms with E-state index >= 15 is 0 Å². The maximum Gasteiger partial charge on any atom is 0.162 e. The van der Waals surface area contributed by atoms with Crippen LogP contribution in [0.4, 0.5) is 0 Å². The van der Waals surface area contributed by atoms with Crippen molar-refractivity contribution in [2.45, 2.75) is 27.3 Å². The fourth-order valence-corrected chi connectivity index (χ4v) is 0.921. The Morgan fingerprint density at radius 2 is 2.23 bits per heavy atom. The van der Waals surface area contributed by atoms with Gasteiger partial charge in [0.05, 0.1) is 18.3 Å². The summed E-state index contributed by atoms with van der Waals surface area (Å²) in [5.74, 6) is 0.0588. The Bertz CT molecular complexity index is 332. The Kier molecular flexibility index (Phi) is 3.01. The second-order valence-corrected chi connectivity index (χ2v) is 3.29. The lowest BCUT2D eigenvalue weighted by atomic mass is 10.3. The van der Waals surface area contributed by atoms with Crippen LogP contribution in [0.25, 0.3) is 0 Å². The molecular formula is C10H14N2O. The molecule has 1 rings (SSSR count). The Hall–Kier alpha value is -1.38. The molecule has 3 heteroatoms. The van der Waals surface area contributed by atoms with Gasteiger partial charge in [-0.1, -0.05) is 11.6 Å². The SMILES string of the molecule is CC(=O)c1cnn(CC=C(C)C)c1. The van der Waals surface area contributed by atoms with Crippen molar-refractivity contribution >= 4 is 5.78 Å². The van der Waals surface area contributed by atoms with E-state index in [-0.39, 0.29) is 5.78 Å². The van der Waals surface area contributed by atoms with E-state index in [4.69, 9.17) is 0 Å². The van der Waals surface area contributed by atoms with Gasteiger partial charge in [-0.05, 0) is 20.8 Å². The smallest absolute Gasteiger partial charge is 0.162 e. The maximum atomic E-state index is 10.9. The molecule has 1 aromatic heterocycles. The van der Waals surface area contributed by atoms with E-state index in [2.05, 4.69) is 11.2 Å². The van der Waals surface area contributed by atoms with Gasteiger partial charge in [0.2, 0.25) is 0 Å². The molecule has 0 aliphatic rings. The van der Waals surface area contributed by atoms with Gasteiger partial charge in [0.15, 0.2) is 5.78 Å². The third kappa shape index (κ3) is 2.86. The van der Waals surface area contributed by atoms with Crippen LogP contribution in [0.5, 0.6) is 0 Å². The predicted octanol–water partition coefficient (Wildman–Crippen LogP) is 2.05. The van der Waals surface area contributed by atoms with E-state index in [0.717, 1.165) is 6.54 Å². The zero-order chi connectivity index (χ0) is 9.84. The normalized spacial score (nSPS) is 9.77. The minimum Gasteiger partial charge on any atom is -0.294 e. The van der Waals surface area contributed by atoms with Crippen LogP contribution in [0, 0.1) is 0 Å². The van der Waals surface area contributed by atoms with Crippen LogP contribution in [0.1, 0.15) is 31.1 Å². The number of ketones is 1. The molecule has 0 aromatic carbocycles. The van der Waals surface area contributed by atoms with Crippen molar-refractivity contribution in [1.29, 1.82) is 0 Å². The quantitative estimate of drug-likeness (QED) is 0.524. The van der Waals surface area contributed by atoms with Gasteiger partial charge in [-0.25, -0.2) is 0 Å². The number of hydrogen-bond donors (Lipinski definition) is 0. The van der Waals surface area contributed by atoms with Crippen molar-refractivity contribution in [3.63, 3.8) is 0 Å². The molecule has 0 aliphatic carbocycles. The summed E-state index contributed by atoms with van der Waals surface area (Å²) in [4.78, 5) is 10.9. The number of carbonyl (C=O) groups excluding carboxylic acids is 1. The summed E-state index contributed by atoms with van der Waals surface area (Å²) >= 11 is 0. The van der Waals surface area contributed by atoms with Gasteiger partial charge in [0.1, 0.15) is 0 Å². The van der Waals surface area contributed by atoms with E-state index < -0.39 is 0 Å². The molecule has 0 saturated carbocycles. The van der Waals surface area contributed by atoms with Crippen LogP contribution in [0.15, 0.2) is 24.0 Å². The fourth-order valence-electron chi connectivity index (χ4n) is 0.921. The zero-order valence-corrected chi connectivity index (χ0v) is 8.24. The Balaban J connectivity index is 2.70. The molecular weight excluding hydrogens is 164 g/mol. The largest absolute Gasteiger partial charge is 0.294 e. The lowest BCUT2D eigenvalue weighted by Crippen LogP contribution is -1.95. The summed E-state index contributed by atoms with van der Waals surface area (Å²) in [5, 5.41) is 4.06. The Morgan fingerprint density at radius 3 is 2.69 bits per heavy atom. The molecule has 3 nitrogen and oxygen atoms in total. The summed E-state index contributed by atoms with van der Waals surface area (Å²) in [6.45, 7) is 6.35. The molecule has 0 atom stereocenters. The van der Waals surface area contributed by atoms with Crippen molar-refractivity contribution < 1.29 is 4.79 Å². The van der Waals surface area contributed by atoms with E-state index in [1.807, 2.05) is 13.8 Å². The molecule has 0 saturated heterocycles. The highest BCUT2D eigenvalue weighted by molar-refractivity contribution is 5.93. The van der Waals surface area contributed by atoms with Crippen molar-refractivity contribution in [3.8, 4) is 0 Å². The van der Waals surface area contributed by atoms with Crippen LogP contribution < -0.4 is 0 Å². The predicted molar refractivity (Wildman–Crippen MR) is 51.7 cm³/mol. The highest BCUT2D eigenvalue weighted by atomic mass is 16.1. The minimum atomic E-state index is 0.0588. The van der Waals surface area contributed by atoms with E-state index in [0.29, 0.717) is 5.56 Å². The van der Waals surface area contributed by atoms with Gasteiger partial charge in [-0.3, -0.25) is 9.48 Å². The second kappa shape index (κ2) is 4.03. The third-order valence-electron chi connectivity index (χ3n) is 1.73. The monoisotopic (exact) mass is 178 g/mol. The molecule has 0 radical (unpaired) electrons. The molecule has 0 fully saturated rings. The van der Waals surface area contributed by atoms with Gasteiger partial charge < -0.3 is 0 Å². The minimum absolute atomic E-state index is 0.0588. The molecule has 13 heavy (non-hydrogen) atoms. The van der Waals surface area contributed by atoms with E-state index in [9.17, 15) is 4.79 Å². The van der Waals surface area contributed by atoms with Crippen LogP contribution >= 0.6 is 0 Å². The number of allylic oxidation sites excluding steroid dienone is 2. The summed E-state index contributed by atoms with van der Waals surface area (Å²) in [7, 11) is 0. The van der Waals surface area contributed by atoms with Gasteiger partial charge >= 0.3 is 0 Å². The summed E-state index contributed by atoms with van der Waals surface area (Å²) in [6.07, 6.45) is 5.43. The van der Waals surface area contributed by atoms with Gasteiger partial charge in [-0.15, -0.1) is 0 Å². The number of Topliss-reactive ketones (excluding diaryl/α,β-unsaturated/α-hetero) is 1. The average molecular weight is 178 g/mol. The molecule has 0 N–H and O–H groups in total. The molecule has 0 amide bonds. The highest BCUT2D eigenvalue weighted by Gasteiger charge is 2.01. The van der Waals surface area contributed by atoms with Crippen LogP contribution in [-0.4, -0.2) is 15.6 Å². The van der Waals surface area contributed by atoms with Gasteiger partial charge in [0.25, 0.3) is 0 Å². The lowest BCUT2D eigenvalue weighted by Gasteiger charge is -1.94. The highest BCUT2D eigenvalue weighted by Crippen LogP contribution is 1.99. The summed E-state index contributed by atoms with van der Waals surface area (Å²) in [6, 6.07) is 0. The second-order valence-electron chi connectivity index (χ2n) is 3.29. The standard InChI is InChI=1S/C10H14N2O/c1-8(2)4-5-12-7-10(6-11-12)9(3)13/h4,6-7H,5H2,1-3H3. The van der Waals surface area contributed by atoms with Crippen molar-refractivity contribution in [2.75, 3.05) is 0 Å². The van der Waals surface area contributed by atoms with Crippen LogP contribution in [-0.2, 0) is 6.54 Å². The maximum absolute atomic E-state index is 10.9. The number of rotatable bonds is 3. The molecule has 0 bridgehead atoms. The van der Waals surface area contributed by atoms with E-state index in [1.165, 1.54) is 5.57 Å².